The van der Waals surface area contributed by atoms with E-state index < -0.39 is 0 Å². The fraction of sp³-hybridized carbons (Fsp3) is 0.955. The Morgan fingerprint density at radius 1 is 0.460 bits per heavy atom. The Bertz CT molecular complexity index is 714. The van der Waals surface area contributed by atoms with Crippen LogP contribution in [0.3, 0.4) is 0 Å². The lowest BCUT2D eigenvalue weighted by molar-refractivity contribution is -0.152. The van der Waals surface area contributed by atoms with Crippen molar-refractivity contribution in [3.05, 3.63) is 0 Å². The van der Waals surface area contributed by atoms with Gasteiger partial charge in [0.05, 0.1) is 25.4 Å². The molecule has 0 aromatic carbocycles. The lowest BCUT2D eigenvalue weighted by atomic mass is 9.90. The van der Waals surface area contributed by atoms with Gasteiger partial charge in [0.1, 0.15) is 13.2 Å². The average molecular weight is 707 g/mol. The smallest absolute Gasteiger partial charge is 0.305 e. The fourth-order valence-electron chi connectivity index (χ4n) is 7.61. The van der Waals surface area contributed by atoms with Crippen LogP contribution in [0.25, 0.3) is 0 Å². The summed E-state index contributed by atoms with van der Waals surface area (Å²) in [6.07, 6.45) is 40.7. The zero-order valence-electron chi connectivity index (χ0n) is 33.2. The minimum atomic E-state index is -0.169. The van der Waals surface area contributed by atoms with E-state index in [1.165, 1.54) is 167 Å². The third-order valence-electron chi connectivity index (χ3n) is 11.0. The summed E-state index contributed by atoms with van der Waals surface area (Å²) in [5.74, 6) is 1.41. The zero-order valence-corrected chi connectivity index (χ0v) is 33.2. The molecule has 6 nitrogen and oxygen atoms in total. The molecule has 294 valence electrons. The quantitative estimate of drug-likeness (QED) is 0.0360. The summed E-state index contributed by atoms with van der Waals surface area (Å²) in [4.78, 5) is 24.1. The standard InChI is InChI=1S/C44H82O6/c1-3-5-7-21-27-39(35-41-37-49-41)29-23-17-13-9-11-15-19-25-31-43(45)47-33-34-48-44(46)32-26-20-16-12-10-14-18-24-30-40(36-42-38-50-42)28-22-8-6-4-2/h39-42H,3-38H2,1-2H3. The molecule has 0 aromatic rings. The van der Waals surface area contributed by atoms with Crippen LogP contribution in [0.4, 0.5) is 0 Å². The van der Waals surface area contributed by atoms with Crippen molar-refractivity contribution in [1.29, 1.82) is 0 Å². The Hall–Kier alpha value is -1.14. The first-order chi connectivity index (χ1) is 24.6. The van der Waals surface area contributed by atoms with Crippen LogP contribution in [0.2, 0.25) is 0 Å². The van der Waals surface area contributed by atoms with Gasteiger partial charge in [-0.1, -0.05) is 181 Å². The topological polar surface area (TPSA) is 77.7 Å². The molecule has 4 atom stereocenters. The van der Waals surface area contributed by atoms with Crippen molar-refractivity contribution in [1.82, 2.24) is 0 Å². The number of carbonyl (C=O) groups is 2. The molecular formula is C44H82O6. The van der Waals surface area contributed by atoms with Gasteiger partial charge >= 0.3 is 11.9 Å². The van der Waals surface area contributed by atoms with Gasteiger partial charge in [0.15, 0.2) is 0 Å². The maximum Gasteiger partial charge on any atom is 0.305 e. The Morgan fingerprint density at radius 2 is 0.740 bits per heavy atom. The van der Waals surface area contributed by atoms with Crippen molar-refractivity contribution >= 4 is 11.9 Å². The first-order valence-electron chi connectivity index (χ1n) is 22.1. The van der Waals surface area contributed by atoms with Crippen LogP contribution < -0.4 is 0 Å². The van der Waals surface area contributed by atoms with E-state index in [2.05, 4.69) is 13.8 Å². The van der Waals surface area contributed by atoms with E-state index in [1.807, 2.05) is 0 Å². The number of rotatable bonds is 39. The molecule has 0 amide bonds. The van der Waals surface area contributed by atoms with Gasteiger partial charge in [-0.2, -0.15) is 0 Å². The lowest BCUT2D eigenvalue weighted by Gasteiger charge is -2.15. The van der Waals surface area contributed by atoms with E-state index in [9.17, 15) is 9.59 Å². The molecule has 2 saturated heterocycles. The van der Waals surface area contributed by atoms with Crippen LogP contribution >= 0.6 is 0 Å². The number of epoxide rings is 2. The maximum atomic E-state index is 12.0. The molecule has 2 rings (SSSR count). The van der Waals surface area contributed by atoms with E-state index in [-0.39, 0.29) is 25.2 Å². The van der Waals surface area contributed by atoms with Crippen LogP contribution in [0.1, 0.15) is 219 Å². The van der Waals surface area contributed by atoms with Crippen molar-refractivity contribution < 1.29 is 28.5 Å². The zero-order chi connectivity index (χ0) is 35.7. The van der Waals surface area contributed by atoms with Gasteiger partial charge < -0.3 is 18.9 Å². The van der Waals surface area contributed by atoms with Gasteiger partial charge in [0.25, 0.3) is 0 Å². The summed E-state index contributed by atoms with van der Waals surface area (Å²) >= 11 is 0. The molecule has 50 heavy (non-hydrogen) atoms. The fourth-order valence-corrected chi connectivity index (χ4v) is 7.61. The molecule has 0 bridgehead atoms. The Balaban J connectivity index is 1.28. The number of unbranched alkanes of at least 4 members (excludes halogenated alkanes) is 20. The molecule has 2 heterocycles. The number of carbonyl (C=O) groups excluding carboxylic acids is 2. The first-order valence-corrected chi connectivity index (χ1v) is 22.1. The Labute approximate surface area is 309 Å². The van der Waals surface area contributed by atoms with Crippen LogP contribution in [0.5, 0.6) is 0 Å². The van der Waals surface area contributed by atoms with Crippen LogP contribution in [-0.4, -0.2) is 50.6 Å². The highest BCUT2D eigenvalue weighted by molar-refractivity contribution is 5.70. The van der Waals surface area contributed by atoms with Gasteiger partial charge in [0.2, 0.25) is 0 Å². The summed E-state index contributed by atoms with van der Waals surface area (Å²) < 4.78 is 21.6. The second-order valence-electron chi connectivity index (χ2n) is 16.0. The second kappa shape index (κ2) is 32.5. The minimum Gasteiger partial charge on any atom is -0.462 e. The summed E-state index contributed by atoms with van der Waals surface area (Å²) in [5, 5.41) is 0. The number of ether oxygens (including phenoxy) is 4. The molecule has 4 unspecified atom stereocenters. The van der Waals surface area contributed by atoms with Gasteiger partial charge in [0, 0.05) is 12.8 Å². The highest BCUT2D eigenvalue weighted by Gasteiger charge is 2.27. The van der Waals surface area contributed by atoms with Crippen molar-refractivity contribution in [2.24, 2.45) is 11.8 Å². The molecule has 0 saturated carbocycles. The maximum absolute atomic E-state index is 12.0. The van der Waals surface area contributed by atoms with E-state index in [0.29, 0.717) is 25.0 Å². The van der Waals surface area contributed by atoms with E-state index in [4.69, 9.17) is 18.9 Å². The first kappa shape index (κ1) is 45.0. The van der Waals surface area contributed by atoms with Crippen molar-refractivity contribution in [3.8, 4) is 0 Å². The molecule has 2 fully saturated rings. The number of hydrogen-bond donors (Lipinski definition) is 0. The largest absolute Gasteiger partial charge is 0.462 e. The van der Waals surface area contributed by atoms with Gasteiger partial charge in [-0.25, -0.2) is 0 Å². The molecule has 0 N–H and O–H groups in total. The summed E-state index contributed by atoms with van der Waals surface area (Å²) in [5.41, 5.74) is 0. The molecule has 0 aliphatic carbocycles. The Kier molecular flexibility index (Phi) is 29.3. The van der Waals surface area contributed by atoms with Crippen molar-refractivity contribution in [2.75, 3.05) is 26.4 Å². The van der Waals surface area contributed by atoms with Crippen molar-refractivity contribution in [2.45, 2.75) is 232 Å². The Morgan fingerprint density at radius 3 is 1.04 bits per heavy atom. The third-order valence-corrected chi connectivity index (χ3v) is 11.0. The highest BCUT2D eigenvalue weighted by Crippen LogP contribution is 2.29. The van der Waals surface area contributed by atoms with Gasteiger partial charge in [-0.05, 0) is 37.5 Å². The summed E-state index contributed by atoms with van der Waals surface area (Å²) in [6, 6.07) is 0. The molecule has 0 spiro atoms. The number of hydrogen-bond acceptors (Lipinski definition) is 6. The van der Waals surface area contributed by atoms with Crippen LogP contribution in [-0.2, 0) is 28.5 Å². The van der Waals surface area contributed by atoms with E-state index in [1.54, 1.807) is 0 Å². The molecule has 0 radical (unpaired) electrons. The third kappa shape index (κ3) is 29.4. The van der Waals surface area contributed by atoms with E-state index in [0.717, 1.165) is 50.7 Å². The SMILES string of the molecule is CCCCCCC(CCCCCCCCCCC(=O)OCCOC(=O)CCCCCCCCCCC(CCCCCC)CC1CO1)CC1CO1. The molecular weight excluding hydrogens is 624 g/mol. The van der Waals surface area contributed by atoms with Gasteiger partial charge in [-0.3, -0.25) is 9.59 Å². The normalized spacial score (nSPS) is 17.8. The molecule has 2 aliphatic heterocycles. The average Bonchev–Trinajstić information content (AvgIpc) is 4.06. The molecule has 0 aromatic heterocycles. The highest BCUT2D eigenvalue weighted by atomic mass is 16.6. The van der Waals surface area contributed by atoms with Crippen LogP contribution in [0, 0.1) is 11.8 Å². The van der Waals surface area contributed by atoms with Crippen LogP contribution in [0.15, 0.2) is 0 Å². The lowest BCUT2D eigenvalue weighted by Crippen LogP contribution is -2.13. The molecule has 6 heteroatoms. The monoisotopic (exact) mass is 707 g/mol. The predicted octanol–water partition coefficient (Wildman–Crippen LogP) is 12.6. The number of esters is 2. The van der Waals surface area contributed by atoms with Crippen molar-refractivity contribution in [3.63, 3.8) is 0 Å². The summed E-state index contributed by atoms with van der Waals surface area (Å²) in [6.45, 7) is 6.91. The van der Waals surface area contributed by atoms with E-state index >= 15 is 0 Å². The second-order valence-corrected chi connectivity index (χ2v) is 16.0. The predicted molar refractivity (Wildman–Crippen MR) is 207 cm³/mol. The van der Waals surface area contributed by atoms with Gasteiger partial charge in [-0.15, -0.1) is 0 Å². The summed E-state index contributed by atoms with van der Waals surface area (Å²) in [7, 11) is 0. The molecule has 2 aliphatic rings. The minimum absolute atomic E-state index is 0.169.